The zero-order valence-electron chi connectivity index (χ0n) is 14.2. The van der Waals surface area contributed by atoms with Crippen LogP contribution in [-0.2, 0) is 12.0 Å². The van der Waals surface area contributed by atoms with Crippen LogP contribution in [0.4, 0.5) is 0 Å². The summed E-state index contributed by atoms with van der Waals surface area (Å²) in [7, 11) is 0. The van der Waals surface area contributed by atoms with Gasteiger partial charge in [0.25, 0.3) is 0 Å². The lowest BCUT2D eigenvalue weighted by Gasteiger charge is -2.19. The molecule has 1 atom stereocenters. The summed E-state index contributed by atoms with van der Waals surface area (Å²) >= 11 is 0. The third-order valence-electron chi connectivity index (χ3n) is 5.15. The quantitative estimate of drug-likeness (QED) is 0.612. The number of rotatable bonds is 5. The first-order chi connectivity index (χ1) is 11.8. The maximum absolute atomic E-state index is 2.59. The molecule has 0 aliphatic carbocycles. The summed E-state index contributed by atoms with van der Waals surface area (Å²) in [5, 5.41) is 0. The Labute approximate surface area is 144 Å². The van der Waals surface area contributed by atoms with Crippen molar-refractivity contribution < 1.29 is 0 Å². The van der Waals surface area contributed by atoms with E-state index in [-0.39, 0.29) is 5.54 Å². The highest BCUT2D eigenvalue weighted by Gasteiger charge is 2.53. The van der Waals surface area contributed by atoms with Crippen molar-refractivity contribution in [2.24, 2.45) is 0 Å². The highest BCUT2D eigenvalue weighted by Crippen LogP contribution is 2.48. The first-order valence-corrected chi connectivity index (χ1v) is 8.71. The normalized spacial score (nSPS) is 18.3. The summed E-state index contributed by atoms with van der Waals surface area (Å²) in [5.74, 6) is 0. The van der Waals surface area contributed by atoms with E-state index in [1.165, 1.54) is 22.3 Å². The van der Waals surface area contributed by atoms with E-state index in [1.54, 1.807) is 0 Å². The Hall–Kier alpha value is -2.38. The van der Waals surface area contributed by atoms with Crippen LogP contribution in [0.1, 0.15) is 22.3 Å². The van der Waals surface area contributed by atoms with Crippen LogP contribution in [0, 0.1) is 6.92 Å². The van der Waals surface area contributed by atoms with Crippen molar-refractivity contribution in [1.29, 1.82) is 0 Å². The number of hydrogen-bond donors (Lipinski definition) is 0. The van der Waals surface area contributed by atoms with Crippen molar-refractivity contribution in [3.63, 3.8) is 0 Å². The molecule has 0 amide bonds. The van der Waals surface area contributed by atoms with Crippen LogP contribution < -0.4 is 0 Å². The van der Waals surface area contributed by atoms with Crippen molar-refractivity contribution in [3.05, 3.63) is 107 Å². The van der Waals surface area contributed by atoms with Crippen molar-refractivity contribution in [2.75, 3.05) is 13.1 Å². The molecule has 1 aliphatic heterocycles. The lowest BCUT2D eigenvalue weighted by molar-refractivity contribution is 0.457. The van der Waals surface area contributed by atoms with Crippen LogP contribution in [0.3, 0.4) is 0 Å². The van der Waals surface area contributed by atoms with E-state index in [0.29, 0.717) is 0 Å². The lowest BCUT2D eigenvalue weighted by atomic mass is 9.91. The van der Waals surface area contributed by atoms with Gasteiger partial charge in [0.1, 0.15) is 0 Å². The molecule has 0 bridgehead atoms. The molecule has 0 saturated carbocycles. The van der Waals surface area contributed by atoms with Crippen LogP contribution in [0.2, 0.25) is 0 Å². The predicted octanol–water partition coefficient (Wildman–Crippen LogP) is 4.80. The zero-order chi connectivity index (χ0) is 16.4. The second kappa shape index (κ2) is 6.26. The third kappa shape index (κ3) is 2.76. The summed E-state index contributed by atoms with van der Waals surface area (Å²) in [6.45, 7) is 4.34. The highest BCUT2D eigenvalue weighted by molar-refractivity contribution is 5.45. The molecule has 1 aliphatic rings. The molecule has 3 aromatic rings. The Morgan fingerprint density at radius 3 is 1.83 bits per heavy atom. The smallest absolute Gasteiger partial charge is 0.0846 e. The fourth-order valence-electron chi connectivity index (χ4n) is 3.67. The molecule has 0 radical (unpaired) electrons. The topological polar surface area (TPSA) is 3.01 Å². The maximum atomic E-state index is 2.59. The van der Waals surface area contributed by atoms with Crippen molar-refractivity contribution in [1.82, 2.24) is 4.90 Å². The number of aryl methyl sites for hydroxylation is 1. The van der Waals surface area contributed by atoms with Gasteiger partial charge in [-0.1, -0.05) is 90.5 Å². The van der Waals surface area contributed by atoms with Gasteiger partial charge in [0.2, 0.25) is 0 Å². The molecule has 0 N–H and O–H groups in total. The van der Waals surface area contributed by atoms with Crippen molar-refractivity contribution in [2.45, 2.75) is 18.9 Å². The van der Waals surface area contributed by atoms with Crippen LogP contribution >= 0.6 is 0 Å². The molecule has 120 valence electrons. The molecule has 1 unspecified atom stereocenters. The standard InChI is InChI=1S/C23H23N/c1-19-12-14-20(15-13-19)16-17-24-18-23(24,21-8-4-2-5-9-21)22-10-6-3-7-11-22/h2-15H,16-18H2,1H3. The number of hydrogen-bond acceptors (Lipinski definition) is 1. The van der Waals surface area contributed by atoms with Gasteiger partial charge in [0.05, 0.1) is 5.54 Å². The van der Waals surface area contributed by atoms with Gasteiger partial charge in [-0.25, -0.2) is 0 Å². The van der Waals surface area contributed by atoms with E-state index in [4.69, 9.17) is 0 Å². The van der Waals surface area contributed by atoms with E-state index >= 15 is 0 Å². The van der Waals surface area contributed by atoms with Gasteiger partial charge in [-0.3, -0.25) is 4.90 Å². The minimum absolute atomic E-state index is 0.0627. The fraction of sp³-hybridized carbons (Fsp3) is 0.217. The van der Waals surface area contributed by atoms with Gasteiger partial charge in [-0.2, -0.15) is 0 Å². The van der Waals surface area contributed by atoms with E-state index in [9.17, 15) is 0 Å². The van der Waals surface area contributed by atoms with Crippen LogP contribution in [-0.4, -0.2) is 18.0 Å². The molecule has 1 saturated heterocycles. The van der Waals surface area contributed by atoms with Gasteiger partial charge >= 0.3 is 0 Å². The zero-order valence-corrected chi connectivity index (χ0v) is 14.2. The number of benzene rings is 3. The summed E-state index contributed by atoms with van der Waals surface area (Å²) in [5.41, 5.74) is 5.61. The molecule has 3 aromatic carbocycles. The lowest BCUT2D eigenvalue weighted by Crippen LogP contribution is -2.20. The third-order valence-corrected chi connectivity index (χ3v) is 5.15. The molecule has 1 nitrogen and oxygen atoms in total. The molecule has 24 heavy (non-hydrogen) atoms. The largest absolute Gasteiger partial charge is 0.286 e. The summed E-state index contributed by atoms with van der Waals surface area (Å²) < 4.78 is 0. The van der Waals surface area contributed by atoms with Gasteiger partial charge in [-0.15, -0.1) is 0 Å². The van der Waals surface area contributed by atoms with Crippen molar-refractivity contribution in [3.8, 4) is 0 Å². The molecule has 1 fully saturated rings. The summed E-state index contributed by atoms with van der Waals surface area (Å²) in [4.78, 5) is 2.59. The van der Waals surface area contributed by atoms with Gasteiger partial charge < -0.3 is 0 Å². The molecule has 4 rings (SSSR count). The summed E-state index contributed by atoms with van der Waals surface area (Å²) in [6, 6.07) is 30.8. The van der Waals surface area contributed by atoms with Gasteiger partial charge in [0.15, 0.2) is 0 Å². The predicted molar refractivity (Wildman–Crippen MR) is 100 cm³/mol. The Balaban J connectivity index is 1.57. The Bertz CT molecular complexity index is 751. The first-order valence-electron chi connectivity index (χ1n) is 8.71. The second-order valence-electron chi connectivity index (χ2n) is 6.75. The van der Waals surface area contributed by atoms with Crippen LogP contribution in [0.25, 0.3) is 0 Å². The summed E-state index contributed by atoms with van der Waals surface area (Å²) in [6.07, 6.45) is 1.10. The molecular formula is C23H23N. The van der Waals surface area contributed by atoms with E-state index < -0.39 is 0 Å². The molecule has 0 aromatic heterocycles. The monoisotopic (exact) mass is 313 g/mol. The van der Waals surface area contributed by atoms with Crippen LogP contribution in [0.5, 0.6) is 0 Å². The van der Waals surface area contributed by atoms with E-state index in [2.05, 4.69) is 96.8 Å². The molecule has 1 heteroatoms. The average Bonchev–Trinajstić information content (AvgIpc) is 3.38. The SMILES string of the molecule is Cc1ccc(CCN2CC2(c2ccccc2)c2ccccc2)cc1. The minimum atomic E-state index is 0.0627. The second-order valence-corrected chi connectivity index (χ2v) is 6.75. The van der Waals surface area contributed by atoms with Gasteiger partial charge in [-0.05, 0) is 30.0 Å². The molecule has 0 spiro atoms. The highest BCUT2D eigenvalue weighted by atomic mass is 15.4. The molecule has 1 heterocycles. The van der Waals surface area contributed by atoms with E-state index in [1.807, 2.05) is 0 Å². The average molecular weight is 313 g/mol. The van der Waals surface area contributed by atoms with E-state index in [0.717, 1.165) is 19.5 Å². The number of nitrogens with zero attached hydrogens (tertiary/aromatic N) is 1. The minimum Gasteiger partial charge on any atom is -0.286 e. The molecular weight excluding hydrogens is 290 g/mol. The van der Waals surface area contributed by atoms with Crippen molar-refractivity contribution >= 4 is 0 Å². The van der Waals surface area contributed by atoms with Crippen LogP contribution in [0.15, 0.2) is 84.9 Å². The maximum Gasteiger partial charge on any atom is 0.0846 e. The Kier molecular flexibility index (Phi) is 3.95. The first kappa shape index (κ1) is 15.2. The van der Waals surface area contributed by atoms with Gasteiger partial charge in [0, 0.05) is 13.1 Å². The fourth-order valence-corrected chi connectivity index (χ4v) is 3.67. The Morgan fingerprint density at radius 1 is 0.750 bits per heavy atom. The Morgan fingerprint density at radius 2 is 1.29 bits per heavy atom.